The zero-order valence-electron chi connectivity index (χ0n) is 19.2. The number of carbonyl (C=O) groups is 1. The Labute approximate surface area is 195 Å². The molecule has 0 unspecified atom stereocenters. The van der Waals surface area contributed by atoms with Crippen molar-refractivity contribution < 1.29 is 33.6 Å². The molecule has 4 rings (SSSR count). The average Bonchev–Trinajstić information content (AvgIpc) is 3.46. The maximum atomic E-state index is 11.7. The van der Waals surface area contributed by atoms with E-state index in [1.165, 1.54) is 19.1 Å². The molecule has 1 aliphatic rings. The molecule has 1 aromatic carbocycles. The van der Waals surface area contributed by atoms with Gasteiger partial charge in [0.2, 0.25) is 11.8 Å². The van der Waals surface area contributed by atoms with Crippen molar-refractivity contribution in [3.63, 3.8) is 0 Å². The highest BCUT2D eigenvalue weighted by Crippen LogP contribution is 2.49. The van der Waals surface area contributed by atoms with Crippen LogP contribution in [0.2, 0.25) is 0 Å². The van der Waals surface area contributed by atoms with Gasteiger partial charge in [-0.1, -0.05) is 19.4 Å². The van der Waals surface area contributed by atoms with Crippen molar-refractivity contribution in [2.24, 2.45) is 0 Å². The number of cyclic esters (lactones) is 1. The van der Waals surface area contributed by atoms with E-state index in [-0.39, 0.29) is 36.2 Å². The molecule has 0 bridgehead atoms. The summed E-state index contributed by atoms with van der Waals surface area (Å²) in [4.78, 5) is 17.5. The number of amides is 1. The molecule has 3 aromatic rings. The van der Waals surface area contributed by atoms with Gasteiger partial charge in [0.15, 0.2) is 0 Å². The monoisotopic (exact) mass is 470 g/mol. The van der Waals surface area contributed by atoms with Gasteiger partial charge in [-0.3, -0.25) is 4.90 Å². The minimum Gasteiger partial charge on any atom is -0.506 e. The zero-order valence-corrected chi connectivity index (χ0v) is 19.2. The summed E-state index contributed by atoms with van der Waals surface area (Å²) in [6, 6.07) is 5.26. The van der Waals surface area contributed by atoms with Crippen molar-refractivity contribution in [1.29, 1.82) is 0 Å². The SMILES string of the molecule is CCCCc1nc(O)c(-c2nnc(CN3CCOC3=O)o2)c(O)c1-c1c(OC)cccc1OC. The van der Waals surface area contributed by atoms with Gasteiger partial charge in [0.1, 0.15) is 36.0 Å². The molecule has 0 atom stereocenters. The minimum atomic E-state index is -0.474. The predicted molar refractivity (Wildman–Crippen MR) is 120 cm³/mol. The molecule has 0 aliphatic carbocycles. The molecule has 34 heavy (non-hydrogen) atoms. The molecule has 180 valence electrons. The van der Waals surface area contributed by atoms with Crippen LogP contribution < -0.4 is 9.47 Å². The van der Waals surface area contributed by atoms with E-state index in [0.717, 1.165) is 12.8 Å². The number of ether oxygens (including phenoxy) is 3. The molecule has 1 aliphatic heterocycles. The Hall–Kier alpha value is -4.02. The molecular formula is C23H26N4O7. The largest absolute Gasteiger partial charge is 0.506 e. The van der Waals surface area contributed by atoms with Crippen LogP contribution in [0.25, 0.3) is 22.6 Å². The number of aromatic hydroxyl groups is 2. The van der Waals surface area contributed by atoms with Crippen LogP contribution >= 0.6 is 0 Å². The lowest BCUT2D eigenvalue weighted by atomic mass is 9.95. The number of carbonyl (C=O) groups excluding carboxylic acids is 1. The van der Waals surface area contributed by atoms with Crippen molar-refractivity contribution in [2.75, 3.05) is 27.4 Å². The lowest BCUT2D eigenvalue weighted by Crippen LogP contribution is -2.23. The Morgan fingerprint density at radius 2 is 1.82 bits per heavy atom. The standard InChI is InChI=1S/C23H26N4O7/c1-4-5-7-13-17(18-14(31-2)8-6-9-15(18)32-3)20(28)19(21(29)24-13)22-26-25-16(34-22)12-27-10-11-33-23(27)30/h6,8-9H,4-5,7,10-12H2,1-3H3,(H2,24,28,29). The topological polar surface area (TPSA) is 140 Å². The summed E-state index contributed by atoms with van der Waals surface area (Å²) in [7, 11) is 3.03. The Morgan fingerprint density at radius 3 is 2.44 bits per heavy atom. The molecule has 2 N–H and O–H groups in total. The number of methoxy groups -OCH3 is 2. The van der Waals surface area contributed by atoms with E-state index in [2.05, 4.69) is 15.2 Å². The summed E-state index contributed by atoms with van der Waals surface area (Å²) < 4.78 is 21.7. The molecule has 3 heterocycles. The summed E-state index contributed by atoms with van der Waals surface area (Å²) >= 11 is 0. The molecule has 1 saturated heterocycles. The van der Waals surface area contributed by atoms with E-state index in [4.69, 9.17) is 18.6 Å². The summed E-state index contributed by atoms with van der Waals surface area (Å²) in [6.45, 7) is 2.77. The quantitative estimate of drug-likeness (QED) is 0.477. The molecule has 0 spiro atoms. The van der Waals surface area contributed by atoms with E-state index in [9.17, 15) is 15.0 Å². The van der Waals surface area contributed by atoms with Gasteiger partial charge in [-0.2, -0.15) is 0 Å². The Bertz CT molecular complexity index is 1170. The molecule has 11 heteroatoms. The van der Waals surface area contributed by atoms with E-state index in [0.29, 0.717) is 41.3 Å². The van der Waals surface area contributed by atoms with Gasteiger partial charge in [0, 0.05) is 0 Å². The third-order valence-corrected chi connectivity index (χ3v) is 5.52. The fraction of sp³-hybridized carbons (Fsp3) is 0.391. The van der Waals surface area contributed by atoms with E-state index in [1.807, 2.05) is 6.92 Å². The smallest absolute Gasteiger partial charge is 0.410 e. The molecular weight excluding hydrogens is 444 g/mol. The lowest BCUT2D eigenvalue weighted by Gasteiger charge is -2.18. The third-order valence-electron chi connectivity index (χ3n) is 5.52. The Kier molecular flexibility index (Phi) is 6.71. The zero-order chi connectivity index (χ0) is 24.2. The van der Waals surface area contributed by atoms with Gasteiger partial charge in [0.05, 0.1) is 37.6 Å². The van der Waals surface area contributed by atoms with Crippen molar-refractivity contribution in [2.45, 2.75) is 32.7 Å². The van der Waals surface area contributed by atoms with E-state index in [1.54, 1.807) is 18.2 Å². The second kappa shape index (κ2) is 9.86. The third kappa shape index (κ3) is 4.28. The molecule has 1 fully saturated rings. The van der Waals surface area contributed by atoms with Gasteiger partial charge in [-0.25, -0.2) is 9.78 Å². The summed E-state index contributed by atoms with van der Waals surface area (Å²) in [6.07, 6.45) is 1.70. The number of unbranched alkanes of at least 4 members (excludes halogenated alkanes) is 1. The maximum Gasteiger partial charge on any atom is 0.410 e. The van der Waals surface area contributed by atoms with E-state index >= 15 is 0 Å². The lowest BCUT2D eigenvalue weighted by molar-refractivity contribution is 0.155. The summed E-state index contributed by atoms with van der Waals surface area (Å²) in [5.41, 5.74) is 1.19. The number of benzene rings is 1. The van der Waals surface area contributed by atoms with Crippen LogP contribution in [-0.2, 0) is 17.7 Å². The van der Waals surface area contributed by atoms with Crippen LogP contribution in [0, 0.1) is 0 Å². The Morgan fingerprint density at radius 1 is 1.09 bits per heavy atom. The number of hydrogen-bond donors (Lipinski definition) is 2. The molecule has 0 saturated carbocycles. The van der Waals surface area contributed by atoms with Gasteiger partial charge in [-0.15, -0.1) is 10.2 Å². The predicted octanol–water partition coefficient (Wildman–Crippen LogP) is 3.52. The van der Waals surface area contributed by atoms with E-state index < -0.39 is 12.0 Å². The van der Waals surface area contributed by atoms with Gasteiger partial charge in [0.25, 0.3) is 5.89 Å². The van der Waals surface area contributed by atoms with Crippen LogP contribution in [0.1, 0.15) is 31.4 Å². The van der Waals surface area contributed by atoms with Gasteiger partial charge in [-0.05, 0) is 25.0 Å². The van der Waals surface area contributed by atoms with Crippen molar-refractivity contribution in [1.82, 2.24) is 20.1 Å². The second-order valence-electron chi connectivity index (χ2n) is 7.66. The van der Waals surface area contributed by atoms with Crippen molar-refractivity contribution >= 4 is 6.09 Å². The number of aromatic nitrogens is 3. The first kappa shape index (κ1) is 23.1. The number of pyridine rings is 1. The minimum absolute atomic E-state index is 0.0442. The van der Waals surface area contributed by atoms with Gasteiger partial charge < -0.3 is 28.8 Å². The number of rotatable bonds is 9. The fourth-order valence-electron chi connectivity index (χ4n) is 3.84. The maximum absolute atomic E-state index is 11.7. The van der Waals surface area contributed by atoms with Crippen molar-refractivity contribution in [3.05, 3.63) is 29.8 Å². The molecule has 2 aromatic heterocycles. The molecule has 11 nitrogen and oxygen atoms in total. The average molecular weight is 470 g/mol. The van der Waals surface area contributed by atoms with Crippen LogP contribution in [0.5, 0.6) is 23.1 Å². The van der Waals surface area contributed by atoms with Crippen LogP contribution in [0.15, 0.2) is 22.6 Å². The van der Waals surface area contributed by atoms with Crippen LogP contribution in [-0.4, -0.2) is 63.8 Å². The normalized spacial score (nSPS) is 13.3. The first-order valence-corrected chi connectivity index (χ1v) is 10.9. The van der Waals surface area contributed by atoms with Gasteiger partial charge >= 0.3 is 6.09 Å². The second-order valence-corrected chi connectivity index (χ2v) is 7.66. The van der Waals surface area contributed by atoms with Crippen LogP contribution in [0.3, 0.4) is 0 Å². The first-order valence-electron chi connectivity index (χ1n) is 10.9. The number of aryl methyl sites for hydroxylation is 1. The molecule has 0 radical (unpaired) electrons. The highest BCUT2D eigenvalue weighted by molar-refractivity contribution is 5.88. The highest BCUT2D eigenvalue weighted by Gasteiger charge is 2.30. The van der Waals surface area contributed by atoms with Crippen LogP contribution in [0.4, 0.5) is 4.79 Å². The summed E-state index contributed by atoms with van der Waals surface area (Å²) in [5, 5.41) is 30.1. The Balaban J connectivity index is 1.85. The fourth-order valence-corrected chi connectivity index (χ4v) is 3.84. The number of nitrogens with zero attached hydrogens (tertiary/aromatic N) is 4. The van der Waals surface area contributed by atoms with Crippen molar-refractivity contribution in [3.8, 4) is 45.7 Å². The highest BCUT2D eigenvalue weighted by atomic mass is 16.6. The molecule has 1 amide bonds. The first-order chi connectivity index (χ1) is 16.5. The summed E-state index contributed by atoms with van der Waals surface area (Å²) in [5.74, 6) is 0.171. The number of hydrogen-bond acceptors (Lipinski definition) is 10.